The van der Waals surface area contributed by atoms with Gasteiger partial charge in [-0.25, -0.2) is 4.98 Å². The first-order valence-electron chi connectivity index (χ1n) is 4.75. The molecule has 0 unspecified atom stereocenters. The van der Waals surface area contributed by atoms with E-state index in [1.54, 1.807) is 18.7 Å². The third kappa shape index (κ3) is 1.89. The third-order valence-electron chi connectivity index (χ3n) is 2.18. The van der Waals surface area contributed by atoms with Crippen molar-refractivity contribution in [3.63, 3.8) is 0 Å². The highest BCUT2D eigenvalue weighted by Gasteiger charge is 2.17. The Balaban J connectivity index is 2.39. The van der Waals surface area contributed by atoms with Gasteiger partial charge in [-0.2, -0.15) is 0 Å². The number of hydrogen-bond acceptors (Lipinski definition) is 5. The lowest BCUT2D eigenvalue weighted by atomic mass is 10.1. The summed E-state index contributed by atoms with van der Waals surface area (Å²) in [5, 5.41) is 11.0. The van der Waals surface area contributed by atoms with Gasteiger partial charge in [-0.15, -0.1) is 10.2 Å². The van der Waals surface area contributed by atoms with Crippen molar-refractivity contribution in [1.82, 2.24) is 19.6 Å². The maximum atomic E-state index is 5.64. The fraction of sp³-hybridized carbons (Fsp3) is 0.444. The molecule has 0 radical (unpaired) electrons. The average Bonchev–Trinajstić information content (AvgIpc) is 2.66. The van der Waals surface area contributed by atoms with Crippen molar-refractivity contribution in [1.29, 1.82) is 0 Å². The maximum absolute atomic E-state index is 5.64. The van der Waals surface area contributed by atoms with Crippen molar-refractivity contribution in [3.8, 4) is 0 Å². The fourth-order valence-electron chi connectivity index (χ4n) is 1.22. The average molecular weight is 206 g/mol. The summed E-state index contributed by atoms with van der Waals surface area (Å²) in [4.78, 5) is 4.22. The Morgan fingerprint density at radius 2 is 2.33 bits per heavy atom. The lowest BCUT2D eigenvalue weighted by Gasteiger charge is -2.24. The molecule has 2 aromatic rings. The minimum absolute atomic E-state index is 0.208. The molecular formula is C9H14N6. The first kappa shape index (κ1) is 9.85. The van der Waals surface area contributed by atoms with E-state index in [1.807, 2.05) is 18.2 Å². The minimum atomic E-state index is -0.208. The first-order chi connectivity index (χ1) is 7.12. The molecule has 0 aliphatic heterocycles. The van der Waals surface area contributed by atoms with Crippen LogP contribution in [0.1, 0.15) is 13.8 Å². The third-order valence-corrected chi connectivity index (χ3v) is 2.18. The van der Waals surface area contributed by atoms with Crippen LogP contribution in [0.15, 0.2) is 18.7 Å². The number of aromatic nitrogens is 4. The molecule has 0 aliphatic carbocycles. The van der Waals surface area contributed by atoms with E-state index in [4.69, 9.17) is 5.73 Å². The van der Waals surface area contributed by atoms with Crippen LogP contribution in [-0.2, 0) is 0 Å². The van der Waals surface area contributed by atoms with E-state index < -0.39 is 0 Å². The summed E-state index contributed by atoms with van der Waals surface area (Å²) in [5.41, 5.74) is 6.14. The molecule has 0 amide bonds. The van der Waals surface area contributed by atoms with Gasteiger partial charge in [0.05, 0.1) is 0 Å². The van der Waals surface area contributed by atoms with Gasteiger partial charge in [-0.1, -0.05) is 0 Å². The highest BCUT2D eigenvalue weighted by Crippen LogP contribution is 2.15. The number of nitrogens with zero attached hydrogens (tertiary/aromatic N) is 4. The molecule has 0 bridgehead atoms. The second kappa shape index (κ2) is 3.47. The van der Waals surface area contributed by atoms with E-state index in [-0.39, 0.29) is 5.54 Å². The summed E-state index contributed by atoms with van der Waals surface area (Å²) in [6.07, 6.45) is 5.14. The van der Waals surface area contributed by atoms with E-state index in [0.29, 0.717) is 18.0 Å². The molecule has 0 aromatic carbocycles. The smallest absolute Gasteiger partial charge is 0.203 e. The lowest BCUT2D eigenvalue weighted by Crippen LogP contribution is -2.39. The van der Waals surface area contributed by atoms with Gasteiger partial charge < -0.3 is 11.1 Å². The molecule has 2 aromatic heterocycles. The highest BCUT2D eigenvalue weighted by molar-refractivity contribution is 5.62. The zero-order valence-electron chi connectivity index (χ0n) is 8.81. The van der Waals surface area contributed by atoms with E-state index in [1.165, 1.54) is 0 Å². The maximum Gasteiger partial charge on any atom is 0.203 e. The zero-order valence-corrected chi connectivity index (χ0v) is 8.81. The Hall–Kier alpha value is -1.69. The predicted octanol–water partition coefficient (Wildman–Crippen LogP) is 0.273. The summed E-state index contributed by atoms with van der Waals surface area (Å²) in [6.45, 7) is 4.53. The number of rotatable bonds is 3. The van der Waals surface area contributed by atoms with Gasteiger partial charge in [-0.05, 0) is 13.8 Å². The highest BCUT2D eigenvalue weighted by atomic mass is 15.3. The van der Waals surface area contributed by atoms with Crippen molar-refractivity contribution in [2.75, 3.05) is 11.9 Å². The Labute approximate surface area is 87.5 Å². The Kier molecular flexibility index (Phi) is 2.28. The van der Waals surface area contributed by atoms with Crippen LogP contribution >= 0.6 is 0 Å². The summed E-state index contributed by atoms with van der Waals surface area (Å²) < 4.78 is 1.81. The van der Waals surface area contributed by atoms with Crippen LogP contribution in [0.4, 0.5) is 5.82 Å². The standard InChI is InChI=1S/C9H14N6/c1-9(2,5-10)13-7-8-14-12-6-15(8)4-3-11-7/h3-4,6H,5,10H2,1-2H3,(H,11,13). The van der Waals surface area contributed by atoms with Gasteiger partial charge in [-0.3, -0.25) is 4.40 Å². The monoisotopic (exact) mass is 206 g/mol. The van der Waals surface area contributed by atoms with E-state index in [0.717, 1.165) is 0 Å². The summed E-state index contributed by atoms with van der Waals surface area (Å²) in [6, 6.07) is 0. The second-order valence-electron chi connectivity index (χ2n) is 4.05. The van der Waals surface area contributed by atoms with Crippen LogP contribution in [0, 0.1) is 0 Å². The topological polar surface area (TPSA) is 81.1 Å². The van der Waals surface area contributed by atoms with Gasteiger partial charge in [0, 0.05) is 24.5 Å². The molecule has 0 saturated heterocycles. The first-order valence-corrected chi connectivity index (χ1v) is 4.75. The Morgan fingerprint density at radius 1 is 1.53 bits per heavy atom. The molecule has 0 fully saturated rings. The molecule has 80 valence electrons. The van der Waals surface area contributed by atoms with Gasteiger partial charge in [0.25, 0.3) is 0 Å². The molecular weight excluding hydrogens is 192 g/mol. The fourth-order valence-corrected chi connectivity index (χ4v) is 1.22. The Morgan fingerprint density at radius 3 is 3.07 bits per heavy atom. The normalized spacial score (nSPS) is 11.9. The van der Waals surface area contributed by atoms with Crippen molar-refractivity contribution in [2.45, 2.75) is 19.4 Å². The molecule has 3 N–H and O–H groups in total. The Bertz CT molecular complexity index is 460. The SMILES string of the molecule is CC(C)(CN)Nc1nccn2cnnc12. The largest absolute Gasteiger partial charge is 0.361 e. The van der Waals surface area contributed by atoms with Crippen LogP contribution in [0.2, 0.25) is 0 Å². The van der Waals surface area contributed by atoms with Crippen LogP contribution in [0.3, 0.4) is 0 Å². The van der Waals surface area contributed by atoms with E-state index >= 15 is 0 Å². The minimum Gasteiger partial charge on any atom is -0.361 e. The van der Waals surface area contributed by atoms with Crippen molar-refractivity contribution >= 4 is 11.5 Å². The number of hydrogen-bond donors (Lipinski definition) is 2. The van der Waals surface area contributed by atoms with Crippen molar-refractivity contribution < 1.29 is 0 Å². The van der Waals surface area contributed by atoms with Crippen molar-refractivity contribution in [2.24, 2.45) is 5.73 Å². The number of nitrogens with one attached hydrogen (secondary N) is 1. The molecule has 0 spiro atoms. The second-order valence-corrected chi connectivity index (χ2v) is 4.05. The molecule has 0 atom stereocenters. The van der Waals surface area contributed by atoms with E-state index in [2.05, 4.69) is 20.5 Å². The van der Waals surface area contributed by atoms with Crippen LogP contribution in [0.5, 0.6) is 0 Å². The molecule has 0 saturated carbocycles. The van der Waals surface area contributed by atoms with Gasteiger partial charge >= 0.3 is 0 Å². The quantitative estimate of drug-likeness (QED) is 0.753. The van der Waals surface area contributed by atoms with Crippen LogP contribution < -0.4 is 11.1 Å². The molecule has 0 aliphatic rings. The lowest BCUT2D eigenvalue weighted by molar-refractivity contribution is 0.577. The van der Waals surface area contributed by atoms with Gasteiger partial charge in [0.1, 0.15) is 6.33 Å². The molecule has 2 rings (SSSR count). The summed E-state index contributed by atoms with van der Waals surface area (Å²) in [7, 11) is 0. The zero-order chi connectivity index (χ0) is 10.9. The molecule has 6 nitrogen and oxygen atoms in total. The van der Waals surface area contributed by atoms with Crippen LogP contribution in [-0.4, -0.2) is 31.7 Å². The number of anilines is 1. The van der Waals surface area contributed by atoms with Crippen molar-refractivity contribution in [3.05, 3.63) is 18.7 Å². The predicted molar refractivity (Wildman–Crippen MR) is 57.5 cm³/mol. The van der Waals surface area contributed by atoms with E-state index in [9.17, 15) is 0 Å². The van der Waals surface area contributed by atoms with Gasteiger partial charge in [0.15, 0.2) is 5.82 Å². The number of nitrogens with two attached hydrogens (primary N) is 1. The molecule has 15 heavy (non-hydrogen) atoms. The molecule has 2 heterocycles. The van der Waals surface area contributed by atoms with Crippen LogP contribution in [0.25, 0.3) is 5.65 Å². The summed E-state index contributed by atoms with van der Waals surface area (Å²) >= 11 is 0. The van der Waals surface area contributed by atoms with Gasteiger partial charge in [0.2, 0.25) is 5.65 Å². The molecule has 6 heteroatoms. The number of fused-ring (bicyclic) bond motifs is 1. The summed E-state index contributed by atoms with van der Waals surface area (Å²) in [5.74, 6) is 0.699.